The largest absolute Gasteiger partial charge is 0.486 e. The van der Waals surface area contributed by atoms with E-state index < -0.39 is 0 Å². The Morgan fingerprint density at radius 1 is 1.26 bits per heavy atom. The van der Waals surface area contributed by atoms with Gasteiger partial charge in [0, 0.05) is 6.54 Å². The highest BCUT2D eigenvalue weighted by molar-refractivity contribution is 6.28. The van der Waals surface area contributed by atoms with Gasteiger partial charge in [-0.05, 0) is 23.6 Å². The molecule has 19 heavy (non-hydrogen) atoms. The highest BCUT2D eigenvalue weighted by Gasteiger charge is 2.20. The number of hydrogen-bond acceptors (Lipinski definition) is 4. The van der Waals surface area contributed by atoms with Crippen LogP contribution >= 0.6 is 11.6 Å². The summed E-state index contributed by atoms with van der Waals surface area (Å²) < 4.78 is 5.54. The van der Waals surface area contributed by atoms with E-state index in [-0.39, 0.29) is 5.28 Å². The molecule has 98 valence electrons. The first-order valence-electron chi connectivity index (χ1n) is 6.27. The highest BCUT2D eigenvalue weighted by atomic mass is 35.5. The summed E-state index contributed by atoms with van der Waals surface area (Å²) in [5, 5.41) is 0.258. The minimum absolute atomic E-state index is 0.258. The number of fused-ring (bicyclic) bond motifs is 1. The number of benzene rings is 1. The molecule has 1 aromatic heterocycles. The van der Waals surface area contributed by atoms with Crippen LogP contribution in [0, 0.1) is 0 Å². The molecule has 0 amide bonds. The Hall–Kier alpha value is -1.81. The lowest BCUT2D eigenvalue weighted by molar-refractivity contribution is 0.303. The molecule has 2 aromatic rings. The summed E-state index contributed by atoms with van der Waals surface area (Å²) in [6.45, 7) is 2.38. The maximum absolute atomic E-state index is 5.85. The first-order valence-corrected chi connectivity index (χ1v) is 6.65. The van der Waals surface area contributed by atoms with E-state index >= 15 is 0 Å². The van der Waals surface area contributed by atoms with E-state index in [9.17, 15) is 0 Å². The molecular weight excluding hydrogens is 262 g/mol. The SMILES string of the molecule is Clc1ncc2c(n1)N(CCc1ccccc1)CCO2. The van der Waals surface area contributed by atoms with E-state index in [0.29, 0.717) is 12.4 Å². The molecule has 0 unspecified atom stereocenters. The Labute approximate surface area is 117 Å². The van der Waals surface area contributed by atoms with Crippen molar-refractivity contribution in [3.63, 3.8) is 0 Å². The molecule has 0 saturated heterocycles. The Morgan fingerprint density at radius 3 is 2.95 bits per heavy atom. The highest BCUT2D eigenvalue weighted by Crippen LogP contribution is 2.29. The van der Waals surface area contributed by atoms with E-state index in [0.717, 1.165) is 25.3 Å². The van der Waals surface area contributed by atoms with Crippen molar-refractivity contribution in [1.82, 2.24) is 9.97 Å². The number of rotatable bonds is 3. The third kappa shape index (κ3) is 2.79. The van der Waals surface area contributed by atoms with Crippen LogP contribution in [0.5, 0.6) is 5.75 Å². The van der Waals surface area contributed by atoms with Crippen LogP contribution < -0.4 is 9.64 Å². The summed E-state index contributed by atoms with van der Waals surface area (Å²) in [6.07, 6.45) is 2.61. The molecular formula is C14H14ClN3O. The van der Waals surface area contributed by atoms with Crippen molar-refractivity contribution in [2.75, 3.05) is 24.6 Å². The minimum Gasteiger partial charge on any atom is -0.486 e. The first kappa shape index (κ1) is 12.2. The standard InChI is InChI=1S/C14H14ClN3O/c15-14-16-10-12-13(17-14)18(8-9-19-12)7-6-11-4-2-1-3-5-11/h1-5,10H,6-9H2. The van der Waals surface area contributed by atoms with Crippen molar-refractivity contribution in [2.45, 2.75) is 6.42 Å². The Kier molecular flexibility index (Phi) is 3.51. The van der Waals surface area contributed by atoms with Crippen LogP contribution in [0.3, 0.4) is 0 Å². The van der Waals surface area contributed by atoms with Crippen LogP contribution in [-0.2, 0) is 6.42 Å². The molecule has 0 saturated carbocycles. The molecule has 0 N–H and O–H groups in total. The summed E-state index contributed by atoms with van der Waals surface area (Å²) in [6, 6.07) is 10.4. The van der Waals surface area contributed by atoms with E-state index in [1.54, 1.807) is 6.20 Å². The van der Waals surface area contributed by atoms with E-state index in [4.69, 9.17) is 16.3 Å². The molecule has 0 atom stereocenters. The lowest BCUT2D eigenvalue weighted by Gasteiger charge is -2.29. The van der Waals surface area contributed by atoms with Gasteiger partial charge in [-0.3, -0.25) is 0 Å². The normalized spacial score (nSPS) is 13.8. The van der Waals surface area contributed by atoms with E-state index in [1.807, 2.05) is 6.07 Å². The Balaban J connectivity index is 1.75. The van der Waals surface area contributed by atoms with Crippen molar-refractivity contribution in [3.05, 3.63) is 47.4 Å². The molecule has 0 fully saturated rings. The van der Waals surface area contributed by atoms with Crippen molar-refractivity contribution in [2.24, 2.45) is 0 Å². The van der Waals surface area contributed by atoms with Gasteiger partial charge in [0.15, 0.2) is 11.6 Å². The predicted molar refractivity (Wildman–Crippen MR) is 74.9 cm³/mol. The van der Waals surface area contributed by atoms with Gasteiger partial charge in [0.25, 0.3) is 0 Å². The topological polar surface area (TPSA) is 38.2 Å². The van der Waals surface area contributed by atoms with Crippen LogP contribution in [0.2, 0.25) is 5.28 Å². The summed E-state index contributed by atoms with van der Waals surface area (Å²) in [5.74, 6) is 1.51. The van der Waals surface area contributed by atoms with Gasteiger partial charge < -0.3 is 9.64 Å². The zero-order valence-electron chi connectivity index (χ0n) is 10.4. The number of halogens is 1. The average molecular weight is 276 g/mol. The molecule has 0 aliphatic carbocycles. The molecule has 1 aliphatic heterocycles. The summed E-state index contributed by atoms with van der Waals surface area (Å²) >= 11 is 5.85. The first-order chi connectivity index (χ1) is 9.33. The van der Waals surface area contributed by atoms with Gasteiger partial charge in [-0.1, -0.05) is 30.3 Å². The smallest absolute Gasteiger partial charge is 0.224 e. The monoisotopic (exact) mass is 275 g/mol. The van der Waals surface area contributed by atoms with Crippen LogP contribution in [0.4, 0.5) is 5.82 Å². The fourth-order valence-corrected chi connectivity index (χ4v) is 2.30. The third-order valence-electron chi connectivity index (χ3n) is 3.14. The molecule has 1 aromatic carbocycles. The summed E-state index contributed by atoms with van der Waals surface area (Å²) in [5.41, 5.74) is 1.32. The van der Waals surface area contributed by atoms with Gasteiger partial charge >= 0.3 is 0 Å². The van der Waals surface area contributed by atoms with Crippen molar-refractivity contribution >= 4 is 17.4 Å². The van der Waals surface area contributed by atoms with Crippen molar-refractivity contribution < 1.29 is 4.74 Å². The van der Waals surface area contributed by atoms with Crippen LogP contribution in [-0.4, -0.2) is 29.7 Å². The second-order valence-corrected chi connectivity index (χ2v) is 4.74. The lowest BCUT2D eigenvalue weighted by Crippen LogP contribution is -2.35. The van der Waals surface area contributed by atoms with Crippen molar-refractivity contribution in [3.8, 4) is 5.75 Å². The lowest BCUT2D eigenvalue weighted by atomic mass is 10.1. The van der Waals surface area contributed by atoms with Gasteiger partial charge in [0.05, 0.1) is 12.7 Å². The summed E-state index contributed by atoms with van der Waals surface area (Å²) in [7, 11) is 0. The maximum atomic E-state index is 5.85. The van der Waals surface area contributed by atoms with Crippen LogP contribution in [0.15, 0.2) is 36.5 Å². The minimum atomic E-state index is 0.258. The Bertz CT molecular complexity index is 562. The quantitative estimate of drug-likeness (QED) is 0.807. The van der Waals surface area contributed by atoms with E-state index in [1.165, 1.54) is 5.56 Å². The fraction of sp³-hybridized carbons (Fsp3) is 0.286. The Morgan fingerprint density at radius 2 is 2.11 bits per heavy atom. The zero-order valence-corrected chi connectivity index (χ0v) is 11.2. The van der Waals surface area contributed by atoms with Crippen LogP contribution in [0.1, 0.15) is 5.56 Å². The third-order valence-corrected chi connectivity index (χ3v) is 3.32. The molecule has 3 rings (SSSR count). The fourth-order valence-electron chi connectivity index (χ4n) is 2.17. The zero-order chi connectivity index (χ0) is 13.1. The number of ether oxygens (including phenoxy) is 1. The van der Waals surface area contributed by atoms with Crippen molar-refractivity contribution in [1.29, 1.82) is 0 Å². The molecule has 0 spiro atoms. The molecule has 4 nitrogen and oxygen atoms in total. The molecule has 0 radical (unpaired) electrons. The number of nitrogens with zero attached hydrogens (tertiary/aromatic N) is 3. The van der Waals surface area contributed by atoms with Gasteiger partial charge in [-0.25, -0.2) is 4.98 Å². The average Bonchev–Trinajstić information content (AvgIpc) is 2.46. The van der Waals surface area contributed by atoms with Gasteiger partial charge in [0.2, 0.25) is 5.28 Å². The van der Waals surface area contributed by atoms with Gasteiger partial charge in [0.1, 0.15) is 6.61 Å². The molecule has 2 heterocycles. The van der Waals surface area contributed by atoms with E-state index in [2.05, 4.69) is 39.1 Å². The molecule has 5 heteroatoms. The second-order valence-electron chi connectivity index (χ2n) is 4.40. The summed E-state index contributed by atoms with van der Waals surface area (Å²) in [4.78, 5) is 10.4. The predicted octanol–water partition coefficient (Wildman–Crippen LogP) is 2.57. The molecule has 1 aliphatic rings. The second kappa shape index (κ2) is 5.45. The number of aromatic nitrogens is 2. The van der Waals surface area contributed by atoms with Gasteiger partial charge in [-0.2, -0.15) is 4.98 Å². The molecule has 0 bridgehead atoms. The van der Waals surface area contributed by atoms with Gasteiger partial charge in [-0.15, -0.1) is 0 Å². The van der Waals surface area contributed by atoms with Crippen LogP contribution in [0.25, 0.3) is 0 Å². The maximum Gasteiger partial charge on any atom is 0.224 e. The number of hydrogen-bond donors (Lipinski definition) is 0. The number of anilines is 1.